The van der Waals surface area contributed by atoms with E-state index in [0.29, 0.717) is 6.61 Å². The number of hydrogen-bond acceptors (Lipinski definition) is 2. The predicted molar refractivity (Wildman–Crippen MR) is 59.3 cm³/mol. The second-order valence-corrected chi connectivity index (χ2v) is 3.89. The van der Waals surface area contributed by atoms with E-state index in [9.17, 15) is 0 Å². The van der Waals surface area contributed by atoms with Crippen LogP contribution in [0.4, 0.5) is 0 Å². The number of aromatic nitrogens is 2. The predicted octanol–water partition coefficient (Wildman–Crippen LogP) is 2.45. The minimum Gasteiger partial charge on any atom is -0.383 e. The van der Waals surface area contributed by atoms with Crippen LogP contribution in [-0.2, 0) is 11.3 Å². The lowest BCUT2D eigenvalue weighted by Crippen LogP contribution is -2.02. The largest absolute Gasteiger partial charge is 0.383 e. The van der Waals surface area contributed by atoms with Crippen molar-refractivity contribution in [1.29, 1.82) is 0 Å². The molecule has 1 aromatic carbocycles. The van der Waals surface area contributed by atoms with Crippen LogP contribution in [0.25, 0.3) is 11.0 Å². The number of fused-ring (bicyclic) bond motifs is 1. The van der Waals surface area contributed by atoms with Gasteiger partial charge in [0, 0.05) is 18.1 Å². The molecule has 0 fully saturated rings. The van der Waals surface area contributed by atoms with Gasteiger partial charge in [-0.05, 0) is 28.1 Å². The molecule has 0 aliphatic rings. The second-order valence-electron chi connectivity index (χ2n) is 3.04. The maximum Gasteiger partial charge on any atom is 0.0959 e. The molecular weight excluding hydrogens is 244 g/mol. The molecule has 0 N–H and O–H groups in total. The summed E-state index contributed by atoms with van der Waals surface area (Å²) in [4.78, 5) is 4.31. The molecule has 2 aromatic rings. The summed E-state index contributed by atoms with van der Waals surface area (Å²) >= 11 is 3.52. The number of nitrogens with zero attached hydrogens (tertiary/aromatic N) is 2. The van der Waals surface area contributed by atoms with Gasteiger partial charge < -0.3 is 9.30 Å². The quantitative estimate of drug-likeness (QED) is 0.842. The molecule has 2 rings (SSSR count). The van der Waals surface area contributed by atoms with Crippen molar-refractivity contribution in [3.05, 3.63) is 29.0 Å². The highest BCUT2D eigenvalue weighted by atomic mass is 79.9. The molecular formula is C10H11BrN2O. The third-order valence-electron chi connectivity index (χ3n) is 2.13. The van der Waals surface area contributed by atoms with E-state index >= 15 is 0 Å². The molecule has 0 amide bonds. The van der Waals surface area contributed by atoms with Crippen molar-refractivity contribution in [1.82, 2.24) is 9.55 Å². The van der Waals surface area contributed by atoms with Gasteiger partial charge in [0.1, 0.15) is 0 Å². The van der Waals surface area contributed by atoms with Crippen LogP contribution >= 0.6 is 15.9 Å². The molecule has 0 atom stereocenters. The first kappa shape index (κ1) is 9.68. The van der Waals surface area contributed by atoms with Crippen LogP contribution in [-0.4, -0.2) is 23.3 Å². The Balaban J connectivity index is 2.45. The lowest BCUT2D eigenvalue weighted by Gasteiger charge is -2.03. The van der Waals surface area contributed by atoms with Gasteiger partial charge in [-0.25, -0.2) is 4.98 Å². The Bertz CT molecular complexity index is 439. The van der Waals surface area contributed by atoms with Gasteiger partial charge in [-0.1, -0.05) is 6.07 Å². The number of methoxy groups -OCH3 is 1. The van der Waals surface area contributed by atoms with E-state index in [0.717, 1.165) is 22.1 Å². The first-order valence-corrected chi connectivity index (χ1v) is 5.20. The van der Waals surface area contributed by atoms with Crippen LogP contribution in [0.5, 0.6) is 0 Å². The van der Waals surface area contributed by atoms with E-state index in [1.807, 2.05) is 24.5 Å². The normalized spacial score (nSPS) is 11.0. The molecule has 0 aliphatic carbocycles. The first-order valence-electron chi connectivity index (χ1n) is 4.41. The van der Waals surface area contributed by atoms with Gasteiger partial charge in [-0.2, -0.15) is 0 Å². The van der Waals surface area contributed by atoms with Crippen molar-refractivity contribution >= 4 is 27.0 Å². The van der Waals surface area contributed by atoms with E-state index in [-0.39, 0.29) is 0 Å². The zero-order valence-electron chi connectivity index (χ0n) is 7.90. The summed E-state index contributed by atoms with van der Waals surface area (Å²) in [5, 5.41) is 0. The van der Waals surface area contributed by atoms with Gasteiger partial charge in [0.2, 0.25) is 0 Å². The molecule has 0 saturated carbocycles. The highest BCUT2D eigenvalue weighted by Crippen LogP contribution is 2.22. The highest BCUT2D eigenvalue weighted by molar-refractivity contribution is 9.10. The van der Waals surface area contributed by atoms with Crippen molar-refractivity contribution in [3.63, 3.8) is 0 Å². The molecule has 14 heavy (non-hydrogen) atoms. The van der Waals surface area contributed by atoms with Crippen molar-refractivity contribution in [3.8, 4) is 0 Å². The second kappa shape index (κ2) is 4.11. The molecule has 1 heterocycles. The minimum atomic E-state index is 0.701. The molecule has 1 aromatic heterocycles. The van der Waals surface area contributed by atoms with Gasteiger partial charge >= 0.3 is 0 Å². The highest BCUT2D eigenvalue weighted by Gasteiger charge is 2.04. The van der Waals surface area contributed by atoms with Gasteiger partial charge in [-0.15, -0.1) is 0 Å². The van der Waals surface area contributed by atoms with Crippen molar-refractivity contribution in [2.75, 3.05) is 13.7 Å². The average Bonchev–Trinajstić information content (AvgIpc) is 2.59. The van der Waals surface area contributed by atoms with E-state index < -0.39 is 0 Å². The van der Waals surface area contributed by atoms with Crippen LogP contribution in [0.15, 0.2) is 29.0 Å². The summed E-state index contributed by atoms with van der Waals surface area (Å²) in [7, 11) is 1.70. The Morgan fingerprint density at radius 3 is 3.14 bits per heavy atom. The minimum absolute atomic E-state index is 0.701. The lowest BCUT2D eigenvalue weighted by molar-refractivity contribution is 0.188. The van der Waals surface area contributed by atoms with Crippen LogP contribution in [0, 0.1) is 0 Å². The summed E-state index contributed by atoms with van der Waals surface area (Å²) in [5.41, 5.74) is 2.14. The van der Waals surface area contributed by atoms with Crippen LogP contribution in [0.3, 0.4) is 0 Å². The number of imidazole rings is 1. The fourth-order valence-electron chi connectivity index (χ4n) is 1.44. The number of ether oxygens (including phenoxy) is 1. The van der Waals surface area contributed by atoms with E-state index in [4.69, 9.17) is 4.74 Å². The summed E-state index contributed by atoms with van der Waals surface area (Å²) < 4.78 is 8.20. The van der Waals surface area contributed by atoms with Crippen molar-refractivity contribution in [2.45, 2.75) is 6.54 Å². The number of hydrogen-bond donors (Lipinski definition) is 0. The summed E-state index contributed by atoms with van der Waals surface area (Å²) in [6.45, 7) is 1.53. The fourth-order valence-corrected chi connectivity index (χ4v) is 2.02. The van der Waals surface area contributed by atoms with Crippen molar-refractivity contribution in [2.24, 2.45) is 0 Å². The number of halogens is 1. The summed E-state index contributed by atoms with van der Waals surface area (Å²) in [6, 6.07) is 6.01. The monoisotopic (exact) mass is 254 g/mol. The lowest BCUT2D eigenvalue weighted by atomic mass is 10.3. The molecule has 0 radical (unpaired) electrons. The summed E-state index contributed by atoms with van der Waals surface area (Å²) in [6.07, 6.45) is 1.84. The number of benzene rings is 1. The molecule has 0 saturated heterocycles. The average molecular weight is 255 g/mol. The van der Waals surface area contributed by atoms with Gasteiger partial charge in [0.05, 0.1) is 24.0 Å². The Kier molecular flexibility index (Phi) is 2.84. The van der Waals surface area contributed by atoms with Crippen molar-refractivity contribution < 1.29 is 4.74 Å². The first-order chi connectivity index (χ1) is 6.83. The van der Waals surface area contributed by atoms with Crippen LogP contribution < -0.4 is 0 Å². The summed E-state index contributed by atoms with van der Waals surface area (Å²) in [5.74, 6) is 0. The number of para-hydroxylation sites is 1. The topological polar surface area (TPSA) is 27.1 Å². The smallest absolute Gasteiger partial charge is 0.0959 e. The van der Waals surface area contributed by atoms with Gasteiger partial charge in [0.15, 0.2) is 0 Å². The van der Waals surface area contributed by atoms with Crippen LogP contribution in [0.2, 0.25) is 0 Å². The Hall–Kier alpha value is -0.870. The zero-order chi connectivity index (χ0) is 9.97. The molecule has 4 heteroatoms. The maximum absolute atomic E-state index is 5.04. The third kappa shape index (κ3) is 1.67. The Labute approximate surface area is 90.8 Å². The molecule has 0 unspecified atom stereocenters. The molecule has 3 nitrogen and oxygen atoms in total. The fraction of sp³-hybridized carbons (Fsp3) is 0.300. The Morgan fingerprint density at radius 1 is 1.50 bits per heavy atom. The standard InChI is InChI=1S/C10H11BrN2O/c1-14-6-5-13-7-12-9-4-2-3-8(11)10(9)13/h2-4,7H,5-6H2,1H3. The van der Waals surface area contributed by atoms with Crippen LogP contribution in [0.1, 0.15) is 0 Å². The third-order valence-corrected chi connectivity index (χ3v) is 2.77. The molecule has 0 spiro atoms. The molecule has 74 valence electrons. The Morgan fingerprint density at radius 2 is 2.36 bits per heavy atom. The molecule has 0 bridgehead atoms. The SMILES string of the molecule is COCCn1cnc2cccc(Br)c21. The van der Waals surface area contributed by atoms with E-state index in [1.54, 1.807) is 7.11 Å². The maximum atomic E-state index is 5.04. The van der Waals surface area contributed by atoms with E-state index in [1.165, 1.54) is 0 Å². The van der Waals surface area contributed by atoms with Gasteiger partial charge in [-0.3, -0.25) is 0 Å². The van der Waals surface area contributed by atoms with Gasteiger partial charge in [0.25, 0.3) is 0 Å². The van der Waals surface area contributed by atoms with E-state index in [2.05, 4.69) is 25.5 Å². The zero-order valence-corrected chi connectivity index (χ0v) is 9.49. The number of rotatable bonds is 3. The molecule has 0 aliphatic heterocycles.